The Kier molecular flexibility index (Phi) is 5.07. The minimum absolute atomic E-state index is 0.0104. The van der Waals surface area contributed by atoms with Crippen LogP contribution < -0.4 is 5.32 Å². The van der Waals surface area contributed by atoms with E-state index in [1.807, 2.05) is 36.1 Å². The first-order valence-corrected chi connectivity index (χ1v) is 10.6. The summed E-state index contributed by atoms with van der Waals surface area (Å²) in [6, 6.07) is 13.1. The molecule has 158 valence electrons. The van der Waals surface area contributed by atoms with Crippen LogP contribution in [-0.4, -0.2) is 49.4 Å². The van der Waals surface area contributed by atoms with Gasteiger partial charge in [-0.2, -0.15) is 20.0 Å². The first-order valence-electron chi connectivity index (χ1n) is 10.2. The molecule has 4 aromatic rings. The molecule has 1 saturated heterocycles. The molecule has 0 bridgehead atoms. The second-order valence-electron chi connectivity index (χ2n) is 7.60. The summed E-state index contributed by atoms with van der Waals surface area (Å²) in [6.45, 7) is 2.73. The smallest absolute Gasteiger partial charge is 0.295 e. The average molecular weight is 437 g/mol. The monoisotopic (exact) mass is 436 g/mol. The standard InChI is InChI=1S/C22H21ClN6O2/c1-14-17(26-22-27-18-13-15(23)8-9-20(18)31-22)6-4-12-28(14)21(30)16-5-2-3-7-19(16)29-24-10-11-25-29/h2-3,5,7-11,13-14,17H,4,6,12H2,1H3,(H,26,27). The number of carbonyl (C=O) groups excluding carboxylic acids is 1. The number of nitrogens with one attached hydrogen (secondary N) is 1. The van der Waals surface area contributed by atoms with Gasteiger partial charge < -0.3 is 14.6 Å². The number of hydrogen-bond donors (Lipinski definition) is 1. The van der Waals surface area contributed by atoms with Crippen molar-refractivity contribution in [1.29, 1.82) is 0 Å². The van der Waals surface area contributed by atoms with E-state index in [1.54, 1.807) is 30.6 Å². The fraction of sp³-hybridized carbons (Fsp3) is 0.273. The minimum atomic E-state index is -0.0570. The molecule has 8 nitrogen and oxygen atoms in total. The Bertz CT molecular complexity index is 1220. The van der Waals surface area contributed by atoms with Crippen LogP contribution in [0.25, 0.3) is 16.8 Å². The highest BCUT2D eigenvalue weighted by molar-refractivity contribution is 6.31. The largest absolute Gasteiger partial charge is 0.424 e. The first-order chi connectivity index (χ1) is 15.1. The van der Waals surface area contributed by atoms with Gasteiger partial charge in [0, 0.05) is 17.6 Å². The number of nitrogens with zero attached hydrogens (tertiary/aromatic N) is 5. The van der Waals surface area contributed by atoms with Gasteiger partial charge in [0.05, 0.1) is 29.7 Å². The predicted molar refractivity (Wildman–Crippen MR) is 118 cm³/mol. The summed E-state index contributed by atoms with van der Waals surface area (Å²) in [4.78, 5) is 21.3. The van der Waals surface area contributed by atoms with E-state index in [2.05, 4.69) is 20.5 Å². The van der Waals surface area contributed by atoms with E-state index in [9.17, 15) is 4.79 Å². The van der Waals surface area contributed by atoms with Crippen LogP contribution in [0.5, 0.6) is 0 Å². The van der Waals surface area contributed by atoms with Crippen molar-refractivity contribution in [3.63, 3.8) is 0 Å². The summed E-state index contributed by atoms with van der Waals surface area (Å²) in [5.74, 6) is -0.0451. The van der Waals surface area contributed by atoms with Crippen LogP contribution in [0.1, 0.15) is 30.1 Å². The Hall–Kier alpha value is -3.39. The van der Waals surface area contributed by atoms with E-state index in [4.69, 9.17) is 16.0 Å². The molecule has 1 aliphatic heterocycles. The third-order valence-electron chi connectivity index (χ3n) is 5.68. The van der Waals surface area contributed by atoms with Crippen LogP contribution in [0.4, 0.5) is 6.01 Å². The maximum absolute atomic E-state index is 13.5. The number of oxazole rings is 1. The number of para-hydroxylation sites is 1. The zero-order valence-electron chi connectivity index (χ0n) is 16.9. The number of anilines is 1. The number of rotatable bonds is 4. The van der Waals surface area contributed by atoms with Gasteiger partial charge in [-0.15, -0.1) is 0 Å². The molecule has 3 heterocycles. The third kappa shape index (κ3) is 3.74. The first kappa shape index (κ1) is 19.6. The summed E-state index contributed by atoms with van der Waals surface area (Å²) in [7, 11) is 0. The molecule has 5 rings (SSSR count). The molecule has 2 atom stereocenters. The van der Waals surface area contributed by atoms with Crippen molar-refractivity contribution in [2.45, 2.75) is 31.8 Å². The number of amides is 1. The topological polar surface area (TPSA) is 89.1 Å². The third-order valence-corrected chi connectivity index (χ3v) is 5.91. The van der Waals surface area contributed by atoms with E-state index in [0.717, 1.165) is 12.8 Å². The second kappa shape index (κ2) is 8.03. The molecular formula is C22H21ClN6O2. The Morgan fingerprint density at radius 1 is 1.19 bits per heavy atom. The van der Waals surface area contributed by atoms with Crippen molar-refractivity contribution in [3.8, 4) is 5.69 Å². The maximum Gasteiger partial charge on any atom is 0.295 e. The van der Waals surface area contributed by atoms with Crippen LogP contribution in [0.15, 0.2) is 59.3 Å². The van der Waals surface area contributed by atoms with Crippen LogP contribution in [0.2, 0.25) is 5.02 Å². The fourth-order valence-electron chi connectivity index (χ4n) is 4.07. The molecular weight excluding hydrogens is 416 g/mol. The Morgan fingerprint density at radius 2 is 2.00 bits per heavy atom. The quantitative estimate of drug-likeness (QED) is 0.516. The normalized spacial score (nSPS) is 19.0. The lowest BCUT2D eigenvalue weighted by molar-refractivity contribution is 0.0615. The molecule has 0 radical (unpaired) electrons. The van der Waals surface area contributed by atoms with Gasteiger partial charge in [-0.05, 0) is 50.1 Å². The summed E-state index contributed by atoms with van der Waals surface area (Å²) in [6.07, 6.45) is 4.98. The molecule has 2 aromatic heterocycles. The van der Waals surface area contributed by atoms with Gasteiger partial charge in [0.25, 0.3) is 11.9 Å². The van der Waals surface area contributed by atoms with Crippen LogP contribution in [0, 0.1) is 0 Å². The van der Waals surface area contributed by atoms with Gasteiger partial charge in [-0.3, -0.25) is 4.79 Å². The van der Waals surface area contributed by atoms with E-state index in [1.165, 1.54) is 4.80 Å². The number of carbonyl (C=O) groups is 1. The Balaban J connectivity index is 1.38. The molecule has 2 aromatic carbocycles. The van der Waals surface area contributed by atoms with Gasteiger partial charge in [0.15, 0.2) is 5.58 Å². The van der Waals surface area contributed by atoms with Crippen molar-refractivity contribution in [2.75, 3.05) is 11.9 Å². The SMILES string of the molecule is CC1C(Nc2nc3cc(Cl)ccc3o2)CCCN1C(=O)c1ccccc1-n1nccn1. The van der Waals surface area contributed by atoms with E-state index in [-0.39, 0.29) is 18.0 Å². The molecule has 1 aliphatic rings. The number of halogens is 1. The minimum Gasteiger partial charge on any atom is -0.424 e. The number of piperidine rings is 1. The lowest BCUT2D eigenvalue weighted by Crippen LogP contribution is -2.52. The molecule has 0 aliphatic carbocycles. The predicted octanol–water partition coefficient (Wildman–Crippen LogP) is 4.17. The summed E-state index contributed by atoms with van der Waals surface area (Å²) >= 11 is 6.05. The van der Waals surface area contributed by atoms with Gasteiger partial charge in [0.1, 0.15) is 5.52 Å². The molecule has 1 amide bonds. The highest BCUT2D eigenvalue weighted by Gasteiger charge is 2.33. The van der Waals surface area contributed by atoms with E-state index < -0.39 is 0 Å². The van der Waals surface area contributed by atoms with Crippen molar-refractivity contribution in [2.24, 2.45) is 0 Å². The van der Waals surface area contributed by atoms with E-state index in [0.29, 0.717) is 39.9 Å². The zero-order chi connectivity index (χ0) is 21.4. The highest BCUT2D eigenvalue weighted by Crippen LogP contribution is 2.27. The van der Waals surface area contributed by atoms with Crippen molar-refractivity contribution in [1.82, 2.24) is 24.9 Å². The fourth-order valence-corrected chi connectivity index (χ4v) is 4.23. The van der Waals surface area contributed by atoms with Gasteiger partial charge in [-0.1, -0.05) is 23.7 Å². The molecule has 31 heavy (non-hydrogen) atoms. The van der Waals surface area contributed by atoms with E-state index >= 15 is 0 Å². The second-order valence-corrected chi connectivity index (χ2v) is 8.04. The van der Waals surface area contributed by atoms with Crippen LogP contribution in [-0.2, 0) is 0 Å². The lowest BCUT2D eigenvalue weighted by Gasteiger charge is -2.39. The van der Waals surface area contributed by atoms with Gasteiger partial charge in [0.2, 0.25) is 0 Å². The zero-order valence-corrected chi connectivity index (χ0v) is 17.7. The number of likely N-dealkylation sites (tertiary alicyclic amines) is 1. The lowest BCUT2D eigenvalue weighted by atomic mass is 9.96. The Labute approximate surface area is 183 Å². The molecule has 0 spiro atoms. The van der Waals surface area contributed by atoms with Crippen molar-refractivity contribution in [3.05, 3.63) is 65.4 Å². The average Bonchev–Trinajstić information content (AvgIpc) is 3.44. The molecule has 1 N–H and O–H groups in total. The number of hydrogen-bond acceptors (Lipinski definition) is 6. The van der Waals surface area contributed by atoms with Crippen LogP contribution >= 0.6 is 11.6 Å². The van der Waals surface area contributed by atoms with Gasteiger partial charge >= 0.3 is 0 Å². The molecule has 1 fully saturated rings. The number of fused-ring (bicyclic) bond motifs is 1. The maximum atomic E-state index is 13.5. The molecule has 9 heteroatoms. The number of aromatic nitrogens is 4. The molecule has 2 unspecified atom stereocenters. The highest BCUT2D eigenvalue weighted by atomic mass is 35.5. The summed E-state index contributed by atoms with van der Waals surface area (Å²) in [5.41, 5.74) is 2.61. The summed E-state index contributed by atoms with van der Waals surface area (Å²) < 4.78 is 5.82. The van der Waals surface area contributed by atoms with Crippen molar-refractivity contribution < 1.29 is 9.21 Å². The summed E-state index contributed by atoms with van der Waals surface area (Å²) in [5, 5.41) is 12.4. The van der Waals surface area contributed by atoms with Crippen molar-refractivity contribution >= 4 is 34.6 Å². The number of benzene rings is 2. The molecule has 0 saturated carbocycles. The van der Waals surface area contributed by atoms with Gasteiger partial charge in [-0.25, -0.2) is 0 Å². The Morgan fingerprint density at radius 3 is 2.84 bits per heavy atom. The van der Waals surface area contributed by atoms with Crippen LogP contribution in [0.3, 0.4) is 0 Å².